The highest BCUT2D eigenvalue weighted by Gasteiger charge is 2.25. The highest BCUT2D eigenvalue weighted by Crippen LogP contribution is 2.32. The molecule has 0 fully saturated rings. The molecule has 0 unspecified atom stereocenters. The Balaban J connectivity index is 1.25. The molecular formula is C29H36N4O3S. The summed E-state index contributed by atoms with van der Waals surface area (Å²) in [5.41, 5.74) is 5.12. The molecule has 4 rings (SSSR count). The van der Waals surface area contributed by atoms with Gasteiger partial charge in [-0.1, -0.05) is 24.3 Å². The van der Waals surface area contributed by atoms with Crippen LogP contribution in [0, 0.1) is 13.8 Å². The molecule has 8 heteroatoms. The number of amidine groups is 1. The largest absolute Gasteiger partial charge is 0.497 e. The Labute approximate surface area is 223 Å². The van der Waals surface area contributed by atoms with Gasteiger partial charge in [0.05, 0.1) is 31.3 Å². The fourth-order valence-electron chi connectivity index (χ4n) is 4.25. The lowest BCUT2D eigenvalue weighted by Crippen LogP contribution is -2.39. The number of nitrogens with zero attached hydrogens (tertiary/aromatic N) is 2. The molecule has 2 heterocycles. The topological polar surface area (TPSA) is 79.1 Å². The van der Waals surface area contributed by atoms with Crippen molar-refractivity contribution in [2.24, 2.45) is 4.99 Å². The van der Waals surface area contributed by atoms with Gasteiger partial charge in [-0.3, -0.25) is 9.79 Å². The highest BCUT2D eigenvalue weighted by atomic mass is 32.2. The number of furan rings is 1. The predicted octanol–water partition coefficient (Wildman–Crippen LogP) is 5.15. The highest BCUT2D eigenvalue weighted by molar-refractivity contribution is 7.97. The molecule has 3 aromatic rings. The molecule has 1 aliphatic rings. The van der Waals surface area contributed by atoms with Gasteiger partial charge in [-0.25, -0.2) is 4.31 Å². The molecule has 2 N–H and O–H groups in total. The van der Waals surface area contributed by atoms with Crippen LogP contribution >= 0.6 is 11.9 Å². The minimum Gasteiger partial charge on any atom is -0.497 e. The zero-order chi connectivity index (χ0) is 26.6. The van der Waals surface area contributed by atoms with Crippen LogP contribution in [0.1, 0.15) is 52.2 Å². The summed E-state index contributed by atoms with van der Waals surface area (Å²) < 4.78 is 13.1. The summed E-state index contributed by atoms with van der Waals surface area (Å²) >= 11 is 1.65. The summed E-state index contributed by atoms with van der Waals surface area (Å²) in [5, 5.41) is 6.45. The van der Waals surface area contributed by atoms with Crippen LogP contribution < -0.4 is 15.4 Å². The molecule has 1 aromatic heterocycles. The van der Waals surface area contributed by atoms with E-state index < -0.39 is 0 Å². The van der Waals surface area contributed by atoms with Crippen molar-refractivity contribution in [1.82, 2.24) is 14.9 Å². The first-order valence-electron chi connectivity index (χ1n) is 12.5. The Morgan fingerprint density at radius 1 is 1.19 bits per heavy atom. The first-order chi connectivity index (χ1) is 17.6. The maximum Gasteiger partial charge on any atom is 0.254 e. The Morgan fingerprint density at radius 3 is 2.51 bits per heavy atom. The molecule has 0 radical (unpaired) electrons. The normalized spacial score (nSPS) is 14.4. The molecule has 37 heavy (non-hydrogen) atoms. The Kier molecular flexibility index (Phi) is 8.29. The number of amides is 1. The summed E-state index contributed by atoms with van der Waals surface area (Å²) in [5.74, 6) is 2.42. The first kappa shape index (κ1) is 26.8. The van der Waals surface area contributed by atoms with Gasteiger partial charge in [0.1, 0.15) is 23.6 Å². The molecule has 0 aliphatic carbocycles. The summed E-state index contributed by atoms with van der Waals surface area (Å²) in [4.78, 5) is 18.4. The summed E-state index contributed by atoms with van der Waals surface area (Å²) in [6.45, 7) is 10.4. The van der Waals surface area contributed by atoms with E-state index in [0.717, 1.165) is 52.6 Å². The fourth-order valence-corrected chi connectivity index (χ4v) is 5.16. The number of rotatable bonds is 10. The second-order valence-corrected chi connectivity index (χ2v) is 11.4. The van der Waals surface area contributed by atoms with Gasteiger partial charge in [0.25, 0.3) is 5.91 Å². The standard InChI is InChI=1S/C29H36N4O3S/c1-19-13-24(35-6)14-20(2)26(19)37-33(5)16-25-15-23(17-36-25)28(34)30-12-11-21-7-9-22(10-8-21)27-31-18-29(3,4)32-27/h7-10,13-15,17H,11-12,16,18H2,1-6H3,(H,30,34)(H,31,32). The number of carbonyl (C=O) groups excluding carboxylic acids is 1. The van der Waals surface area contributed by atoms with E-state index in [4.69, 9.17) is 9.15 Å². The lowest BCUT2D eigenvalue weighted by molar-refractivity contribution is 0.0953. The lowest BCUT2D eigenvalue weighted by Gasteiger charge is -2.18. The van der Waals surface area contributed by atoms with E-state index in [0.29, 0.717) is 18.7 Å². The van der Waals surface area contributed by atoms with Crippen molar-refractivity contribution >= 4 is 23.7 Å². The van der Waals surface area contributed by atoms with Gasteiger partial charge >= 0.3 is 0 Å². The van der Waals surface area contributed by atoms with Crippen molar-refractivity contribution in [3.05, 3.63) is 82.3 Å². The van der Waals surface area contributed by atoms with E-state index >= 15 is 0 Å². The van der Waals surface area contributed by atoms with Gasteiger partial charge in [0.15, 0.2) is 0 Å². The maximum atomic E-state index is 12.6. The van der Waals surface area contributed by atoms with Crippen LogP contribution in [-0.4, -0.2) is 48.8 Å². The van der Waals surface area contributed by atoms with Crippen LogP contribution in [0.5, 0.6) is 5.75 Å². The molecule has 0 atom stereocenters. The number of ether oxygens (including phenoxy) is 1. The van der Waals surface area contributed by atoms with Gasteiger partial charge in [0.2, 0.25) is 0 Å². The molecule has 0 saturated carbocycles. The summed E-state index contributed by atoms with van der Waals surface area (Å²) in [6.07, 6.45) is 2.28. The smallest absolute Gasteiger partial charge is 0.254 e. The number of carbonyl (C=O) groups is 1. The maximum absolute atomic E-state index is 12.6. The van der Waals surface area contributed by atoms with Crippen LogP contribution in [-0.2, 0) is 13.0 Å². The molecule has 0 bridgehead atoms. The monoisotopic (exact) mass is 520 g/mol. The number of nitrogens with one attached hydrogen (secondary N) is 2. The van der Waals surface area contributed by atoms with Crippen LogP contribution in [0.2, 0.25) is 0 Å². The number of aryl methyl sites for hydroxylation is 2. The SMILES string of the molecule is COc1cc(C)c(SN(C)Cc2cc(C(=O)NCCc3ccc(C4=NCC(C)(C)N4)cc3)co2)c(C)c1. The van der Waals surface area contributed by atoms with Crippen LogP contribution in [0.25, 0.3) is 0 Å². The van der Waals surface area contributed by atoms with Gasteiger partial charge in [0, 0.05) is 17.0 Å². The van der Waals surface area contributed by atoms with Crippen LogP contribution in [0.15, 0.2) is 63.0 Å². The number of hydrogen-bond donors (Lipinski definition) is 2. The second-order valence-electron chi connectivity index (χ2n) is 10.1. The van der Waals surface area contributed by atoms with E-state index in [1.54, 1.807) is 19.1 Å². The van der Waals surface area contributed by atoms with E-state index in [1.807, 2.05) is 25.2 Å². The van der Waals surface area contributed by atoms with Crippen molar-refractivity contribution in [2.75, 3.05) is 27.2 Å². The van der Waals surface area contributed by atoms with E-state index in [9.17, 15) is 4.79 Å². The van der Waals surface area contributed by atoms with Crippen molar-refractivity contribution < 1.29 is 13.9 Å². The van der Waals surface area contributed by atoms with Gasteiger partial charge in [-0.15, -0.1) is 0 Å². The zero-order valence-electron chi connectivity index (χ0n) is 22.5. The average Bonchev–Trinajstić information content (AvgIpc) is 3.47. The summed E-state index contributed by atoms with van der Waals surface area (Å²) in [6, 6.07) is 14.2. The molecule has 7 nitrogen and oxygen atoms in total. The van der Waals surface area contributed by atoms with E-state index in [-0.39, 0.29) is 11.4 Å². The van der Waals surface area contributed by atoms with Crippen molar-refractivity contribution in [3.63, 3.8) is 0 Å². The predicted molar refractivity (Wildman–Crippen MR) is 150 cm³/mol. The fraction of sp³-hybridized carbons (Fsp3) is 0.379. The van der Waals surface area contributed by atoms with Crippen molar-refractivity contribution in [3.8, 4) is 5.75 Å². The molecule has 2 aromatic carbocycles. The third-order valence-corrected chi connectivity index (χ3v) is 7.49. The Morgan fingerprint density at radius 2 is 1.89 bits per heavy atom. The molecule has 0 saturated heterocycles. The van der Waals surface area contributed by atoms with Crippen molar-refractivity contribution in [1.29, 1.82) is 0 Å². The molecule has 196 valence electrons. The third-order valence-electron chi connectivity index (χ3n) is 6.23. The second kappa shape index (κ2) is 11.4. The van der Waals surface area contributed by atoms with Gasteiger partial charge < -0.3 is 19.8 Å². The van der Waals surface area contributed by atoms with Gasteiger partial charge in [-0.05, 0) is 88.0 Å². The van der Waals surface area contributed by atoms with Crippen LogP contribution in [0.3, 0.4) is 0 Å². The van der Waals surface area contributed by atoms with E-state index in [1.165, 1.54) is 11.2 Å². The quantitative estimate of drug-likeness (QED) is 0.360. The third kappa shape index (κ3) is 6.96. The molecule has 0 spiro atoms. The number of hydrogen-bond acceptors (Lipinski definition) is 7. The first-order valence-corrected chi connectivity index (χ1v) is 13.2. The lowest BCUT2D eigenvalue weighted by atomic mass is 10.1. The Hall–Kier alpha value is -3.23. The summed E-state index contributed by atoms with van der Waals surface area (Å²) in [7, 11) is 3.69. The number of aliphatic imine (C=N–C) groups is 1. The van der Waals surface area contributed by atoms with Crippen LogP contribution in [0.4, 0.5) is 0 Å². The minimum absolute atomic E-state index is 0.00805. The zero-order valence-corrected chi connectivity index (χ0v) is 23.3. The molecule has 1 amide bonds. The molecule has 1 aliphatic heterocycles. The van der Waals surface area contributed by atoms with Gasteiger partial charge in [-0.2, -0.15) is 0 Å². The number of benzene rings is 2. The number of methoxy groups -OCH3 is 1. The Bertz CT molecular complexity index is 1260. The molecular weight excluding hydrogens is 484 g/mol. The average molecular weight is 521 g/mol. The van der Waals surface area contributed by atoms with E-state index in [2.05, 4.69) is 71.9 Å². The minimum atomic E-state index is -0.129. The van der Waals surface area contributed by atoms with Crippen molar-refractivity contribution in [2.45, 2.75) is 51.1 Å².